The molecule has 0 bridgehead atoms. The van der Waals surface area contributed by atoms with Crippen molar-refractivity contribution in [2.24, 2.45) is 0 Å². The fourth-order valence-electron chi connectivity index (χ4n) is 2.08. The van der Waals surface area contributed by atoms with E-state index < -0.39 is 0 Å². The number of H-pyrrole nitrogens is 1. The predicted octanol–water partition coefficient (Wildman–Crippen LogP) is 2.65. The molecule has 6 heteroatoms. The number of methoxy groups -OCH3 is 1. The summed E-state index contributed by atoms with van der Waals surface area (Å²) in [6, 6.07) is 5.24. The summed E-state index contributed by atoms with van der Waals surface area (Å²) in [5.41, 5.74) is 1.16. The average Bonchev–Trinajstić information content (AvgIpc) is 2.47. The van der Waals surface area contributed by atoms with Gasteiger partial charge in [-0.1, -0.05) is 11.6 Å². The molecular weight excluding hydrogens is 278 g/mol. The maximum Gasteiger partial charge on any atom is 0.257 e. The number of halogens is 1. The number of ether oxygens (including phenoxy) is 1. The topological polar surface area (TPSA) is 67.9 Å². The van der Waals surface area contributed by atoms with Gasteiger partial charge in [-0.3, -0.25) is 9.78 Å². The first-order valence-corrected chi connectivity index (χ1v) is 6.25. The Morgan fingerprint density at radius 2 is 2.15 bits per heavy atom. The molecule has 3 aromatic heterocycles. The fraction of sp³-hybridized carbons (Fsp3) is 0.0714. The molecule has 1 N–H and O–H groups in total. The van der Waals surface area contributed by atoms with Crippen molar-refractivity contribution in [2.75, 3.05) is 7.11 Å². The van der Waals surface area contributed by atoms with Crippen LogP contribution in [0.15, 0.2) is 41.6 Å². The maximum absolute atomic E-state index is 11.8. The summed E-state index contributed by atoms with van der Waals surface area (Å²) in [7, 11) is 1.57. The molecule has 5 nitrogen and oxygen atoms in total. The van der Waals surface area contributed by atoms with Gasteiger partial charge in [-0.25, -0.2) is 4.98 Å². The predicted molar refractivity (Wildman–Crippen MR) is 77.2 cm³/mol. The van der Waals surface area contributed by atoms with E-state index in [1.54, 1.807) is 31.6 Å². The van der Waals surface area contributed by atoms with Crippen molar-refractivity contribution >= 4 is 22.4 Å². The van der Waals surface area contributed by atoms with E-state index in [-0.39, 0.29) is 5.56 Å². The molecule has 0 atom stereocenters. The van der Waals surface area contributed by atoms with Crippen LogP contribution >= 0.6 is 11.6 Å². The minimum Gasteiger partial charge on any atom is -0.494 e. The van der Waals surface area contributed by atoms with Gasteiger partial charge in [0.1, 0.15) is 16.6 Å². The lowest BCUT2D eigenvalue weighted by Gasteiger charge is -2.09. The zero-order valence-electron chi connectivity index (χ0n) is 10.6. The molecule has 0 saturated carbocycles. The molecule has 3 aromatic rings. The number of aromatic nitrogens is 3. The van der Waals surface area contributed by atoms with Gasteiger partial charge in [0.2, 0.25) is 0 Å². The third-order valence-corrected chi connectivity index (χ3v) is 3.21. The molecule has 0 unspecified atom stereocenters. The average molecular weight is 288 g/mol. The van der Waals surface area contributed by atoms with Crippen LogP contribution < -0.4 is 10.3 Å². The number of fused-ring (bicyclic) bond motifs is 1. The van der Waals surface area contributed by atoms with Crippen LogP contribution in [0.5, 0.6) is 5.75 Å². The number of nitrogens with zero attached hydrogens (tertiary/aromatic N) is 2. The van der Waals surface area contributed by atoms with E-state index in [0.29, 0.717) is 27.4 Å². The molecule has 3 rings (SSSR count). The first-order valence-electron chi connectivity index (χ1n) is 5.87. The summed E-state index contributed by atoms with van der Waals surface area (Å²) in [6.45, 7) is 0. The van der Waals surface area contributed by atoms with Gasteiger partial charge in [-0.2, -0.15) is 0 Å². The first kappa shape index (κ1) is 12.6. The molecule has 0 spiro atoms. The highest BCUT2D eigenvalue weighted by Gasteiger charge is 2.13. The standard InChI is InChI=1S/C14H10ClN3O2/c1-20-11-3-2-4-16-13(11)9-6-18-14(19)10-7-17-12(15)5-8(9)10/h2-7H,1H3,(H,18,19). The van der Waals surface area contributed by atoms with Crippen LogP contribution in [0.1, 0.15) is 0 Å². The Kier molecular flexibility index (Phi) is 3.12. The highest BCUT2D eigenvalue weighted by atomic mass is 35.5. The van der Waals surface area contributed by atoms with Gasteiger partial charge in [0.05, 0.1) is 12.5 Å². The third kappa shape index (κ3) is 2.02. The van der Waals surface area contributed by atoms with Crippen LogP contribution in [0, 0.1) is 0 Å². The number of aromatic amines is 1. The molecule has 0 saturated heterocycles. The van der Waals surface area contributed by atoms with Gasteiger partial charge in [0.25, 0.3) is 5.56 Å². The Hall–Kier alpha value is -2.40. The van der Waals surface area contributed by atoms with Gasteiger partial charge in [-0.15, -0.1) is 0 Å². The van der Waals surface area contributed by atoms with Crippen LogP contribution in [-0.2, 0) is 0 Å². The Labute approximate surface area is 119 Å². The van der Waals surface area contributed by atoms with E-state index in [1.165, 1.54) is 6.20 Å². The van der Waals surface area contributed by atoms with Crippen LogP contribution in [0.25, 0.3) is 22.0 Å². The quantitative estimate of drug-likeness (QED) is 0.736. The lowest BCUT2D eigenvalue weighted by molar-refractivity contribution is 0.415. The van der Waals surface area contributed by atoms with E-state index >= 15 is 0 Å². The Morgan fingerprint density at radius 1 is 1.30 bits per heavy atom. The molecular formula is C14H10ClN3O2. The van der Waals surface area contributed by atoms with E-state index in [2.05, 4.69) is 15.0 Å². The Morgan fingerprint density at radius 3 is 2.95 bits per heavy atom. The summed E-state index contributed by atoms with van der Waals surface area (Å²) in [5, 5.41) is 1.46. The number of hydrogen-bond donors (Lipinski definition) is 1. The first-order chi connectivity index (χ1) is 9.70. The van der Waals surface area contributed by atoms with Gasteiger partial charge < -0.3 is 9.72 Å². The Bertz CT molecular complexity index is 845. The van der Waals surface area contributed by atoms with Crippen molar-refractivity contribution in [3.8, 4) is 17.0 Å². The fourth-order valence-corrected chi connectivity index (χ4v) is 2.24. The van der Waals surface area contributed by atoms with Crippen molar-refractivity contribution in [1.82, 2.24) is 15.0 Å². The van der Waals surface area contributed by atoms with Crippen molar-refractivity contribution in [3.63, 3.8) is 0 Å². The summed E-state index contributed by atoms with van der Waals surface area (Å²) in [4.78, 5) is 22.8. The molecule has 0 radical (unpaired) electrons. The monoisotopic (exact) mass is 287 g/mol. The summed E-state index contributed by atoms with van der Waals surface area (Å²) >= 11 is 5.93. The lowest BCUT2D eigenvalue weighted by Crippen LogP contribution is -2.07. The summed E-state index contributed by atoms with van der Waals surface area (Å²) in [6.07, 6.45) is 4.72. The minimum atomic E-state index is -0.220. The molecule has 100 valence electrons. The van der Waals surface area contributed by atoms with E-state index in [9.17, 15) is 4.79 Å². The normalized spacial score (nSPS) is 10.7. The Balaban J connectivity index is 2.40. The molecule has 3 heterocycles. The maximum atomic E-state index is 11.8. The largest absolute Gasteiger partial charge is 0.494 e. The number of hydrogen-bond acceptors (Lipinski definition) is 4. The zero-order valence-corrected chi connectivity index (χ0v) is 11.3. The van der Waals surface area contributed by atoms with Crippen LogP contribution in [-0.4, -0.2) is 22.1 Å². The number of nitrogens with one attached hydrogen (secondary N) is 1. The van der Waals surface area contributed by atoms with E-state index in [4.69, 9.17) is 16.3 Å². The summed E-state index contributed by atoms with van der Waals surface area (Å²) < 4.78 is 5.31. The summed E-state index contributed by atoms with van der Waals surface area (Å²) in [5.74, 6) is 0.619. The van der Waals surface area contributed by atoms with E-state index in [1.807, 2.05) is 6.07 Å². The number of rotatable bonds is 2. The zero-order chi connectivity index (χ0) is 14.1. The SMILES string of the molecule is COc1cccnc1-c1c[nH]c(=O)c2cnc(Cl)cc12. The van der Waals surface area contributed by atoms with Crippen molar-refractivity contribution in [1.29, 1.82) is 0 Å². The molecule has 0 aliphatic rings. The van der Waals surface area contributed by atoms with Crippen LogP contribution in [0.3, 0.4) is 0 Å². The molecule has 0 aliphatic heterocycles. The molecule has 0 aromatic carbocycles. The van der Waals surface area contributed by atoms with E-state index in [0.717, 1.165) is 5.56 Å². The number of pyridine rings is 3. The van der Waals surface area contributed by atoms with Gasteiger partial charge in [0.15, 0.2) is 0 Å². The second-order valence-electron chi connectivity index (χ2n) is 4.14. The van der Waals surface area contributed by atoms with Crippen LogP contribution in [0.2, 0.25) is 5.15 Å². The second-order valence-corrected chi connectivity index (χ2v) is 4.53. The van der Waals surface area contributed by atoms with Gasteiger partial charge in [-0.05, 0) is 18.2 Å². The van der Waals surface area contributed by atoms with Crippen molar-refractivity contribution < 1.29 is 4.74 Å². The second kappa shape index (κ2) is 4.94. The highest BCUT2D eigenvalue weighted by molar-refractivity contribution is 6.30. The smallest absolute Gasteiger partial charge is 0.257 e. The molecule has 0 aliphatic carbocycles. The molecule has 0 amide bonds. The molecule has 0 fully saturated rings. The molecule has 20 heavy (non-hydrogen) atoms. The van der Waals surface area contributed by atoms with Gasteiger partial charge >= 0.3 is 0 Å². The highest BCUT2D eigenvalue weighted by Crippen LogP contribution is 2.31. The van der Waals surface area contributed by atoms with Crippen molar-refractivity contribution in [2.45, 2.75) is 0 Å². The lowest BCUT2D eigenvalue weighted by atomic mass is 10.1. The third-order valence-electron chi connectivity index (χ3n) is 3.00. The van der Waals surface area contributed by atoms with Crippen LogP contribution in [0.4, 0.5) is 0 Å². The van der Waals surface area contributed by atoms with Gasteiger partial charge in [0, 0.05) is 29.5 Å². The van der Waals surface area contributed by atoms with Crippen molar-refractivity contribution in [3.05, 3.63) is 52.3 Å². The minimum absolute atomic E-state index is 0.220.